The van der Waals surface area contributed by atoms with E-state index in [0.29, 0.717) is 0 Å². The molecule has 0 spiro atoms. The molecule has 4 nitrogen and oxygen atoms in total. The van der Waals surface area contributed by atoms with Crippen LogP contribution in [0, 0.1) is 0 Å². The van der Waals surface area contributed by atoms with E-state index >= 15 is 0 Å². The van der Waals surface area contributed by atoms with E-state index in [-0.39, 0.29) is 5.91 Å². The number of benzene rings is 3. The van der Waals surface area contributed by atoms with Crippen LogP contribution in [0.15, 0.2) is 66.7 Å². The predicted molar refractivity (Wildman–Crippen MR) is 115 cm³/mol. The molecule has 0 unspecified atom stereocenters. The number of hydrogen-bond donors (Lipinski definition) is 1. The second-order valence-corrected chi connectivity index (χ2v) is 7.80. The molecule has 0 atom stereocenters. The van der Waals surface area contributed by atoms with E-state index in [4.69, 9.17) is 0 Å². The van der Waals surface area contributed by atoms with Gasteiger partial charge in [-0.25, -0.2) is 0 Å². The van der Waals surface area contributed by atoms with E-state index in [1.165, 1.54) is 16.3 Å². The molecule has 28 heavy (non-hydrogen) atoms. The average Bonchev–Trinajstić information content (AvgIpc) is 2.74. The lowest BCUT2D eigenvalue weighted by Gasteiger charge is -2.32. The van der Waals surface area contributed by atoms with Crippen LogP contribution in [0.5, 0.6) is 0 Å². The zero-order chi connectivity index (χ0) is 19.5. The Morgan fingerprint density at radius 1 is 0.964 bits per heavy atom. The Morgan fingerprint density at radius 3 is 2.46 bits per heavy atom. The molecule has 1 saturated heterocycles. The maximum Gasteiger partial charge on any atom is 0.254 e. The topological polar surface area (TPSA) is 28.0 Å². The summed E-state index contributed by atoms with van der Waals surface area (Å²) in [6.07, 6.45) is 0. The highest BCUT2D eigenvalue weighted by Crippen LogP contribution is 2.18. The van der Waals surface area contributed by atoms with Crippen molar-refractivity contribution in [1.29, 1.82) is 0 Å². The Kier molecular flexibility index (Phi) is 5.31. The van der Waals surface area contributed by atoms with Gasteiger partial charge in [0.2, 0.25) is 0 Å². The van der Waals surface area contributed by atoms with Gasteiger partial charge in [-0.05, 0) is 29.0 Å². The Labute approximate surface area is 167 Å². The van der Waals surface area contributed by atoms with Gasteiger partial charge >= 0.3 is 0 Å². The summed E-state index contributed by atoms with van der Waals surface area (Å²) in [5.74, 6) is 0.146. The Morgan fingerprint density at radius 2 is 1.68 bits per heavy atom. The summed E-state index contributed by atoms with van der Waals surface area (Å²) < 4.78 is 0. The van der Waals surface area contributed by atoms with Gasteiger partial charge < -0.3 is 14.7 Å². The van der Waals surface area contributed by atoms with Gasteiger partial charge in [-0.3, -0.25) is 4.79 Å². The molecule has 1 aliphatic rings. The van der Waals surface area contributed by atoms with Gasteiger partial charge in [-0.1, -0.05) is 48.5 Å². The molecule has 4 heteroatoms. The van der Waals surface area contributed by atoms with Crippen molar-refractivity contribution in [3.05, 3.63) is 77.9 Å². The summed E-state index contributed by atoms with van der Waals surface area (Å²) in [7, 11) is 4.00. The molecular weight excluding hydrogens is 346 g/mol. The number of carbonyl (C=O) groups is 1. The monoisotopic (exact) mass is 374 g/mol. The van der Waals surface area contributed by atoms with Crippen molar-refractivity contribution in [2.24, 2.45) is 0 Å². The lowest BCUT2D eigenvalue weighted by Crippen LogP contribution is -3.13. The lowest BCUT2D eigenvalue weighted by atomic mass is 10.0. The van der Waals surface area contributed by atoms with E-state index in [1.807, 2.05) is 48.2 Å². The summed E-state index contributed by atoms with van der Waals surface area (Å²) in [6.45, 7) is 4.61. The molecule has 3 aromatic rings. The highest BCUT2D eigenvalue weighted by atomic mass is 16.2. The standard InChI is InChI=1S/C24H27N3O/c1-25(2)22-11-6-9-20(17-22)24(28)27-15-13-26(14-16-27)18-21-10-5-8-19-7-3-4-12-23(19)21/h3-12,17H,13-16,18H2,1-2H3/p+1. The molecule has 1 heterocycles. The van der Waals surface area contributed by atoms with E-state index in [1.54, 1.807) is 4.90 Å². The van der Waals surface area contributed by atoms with Gasteiger partial charge in [0.25, 0.3) is 5.91 Å². The van der Waals surface area contributed by atoms with Gasteiger partial charge in [-0.15, -0.1) is 0 Å². The number of fused-ring (bicyclic) bond motifs is 1. The van der Waals surface area contributed by atoms with Crippen LogP contribution in [-0.2, 0) is 6.54 Å². The van der Waals surface area contributed by atoms with Crippen molar-refractivity contribution in [3.63, 3.8) is 0 Å². The highest BCUT2D eigenvalue weighted by Gasteiger charge is 2.25. The first-order chi connectivity index (χ1) is 13.6. The summed E-state index contributed by atoms with van der Waals surface area (Å²) in [6, 6.07) is 23.0. The van der Waals surface area contributed by atoms with Crippen LogP contribution in [0.4, 0.5) is 5.69 Å². The van der Waals surface area contributed by atoms with Crippen molar-refractivity contribution >= 4 is 22.4 Å². The van der Waals surface area contributed by atoms with E-state index in [9.17, 15) is 4.79 Å². The van der Waals surface area contributed by atoms with Gasteiger partial charge in [0, 0.05) is 30.9 Å². The minimum Gasteiger partial charge on any atom is -0.378 e. The molecule has 0 saturated carbocycles. The van der Waals surface area contributed by atoms with Crippen molar-refractivity contribution in [2.75, 3.05) is 45.2 Å². The number of anilines is 1. The molecule has 0 bridgehead atoms. The van der Waals surface area contributed by atoms with Gasteiger partial charge in [0.15, 0.2) is 0 Å². The first-order valence-corrected chi connectivity index (χ1v) is 9.99. The molecule has 1 N–H and O–H groups in total. The Bertz CT molecular complexity index is 969. The second kappa shape index (κ2) is 8.03. The number of nitrogens with one attached hydrogen (secondary N) is 1. The fraction of sp³-hybridized carbons (Fsp3) is 0.292. The molecule has 4 rings (SSSR count). The molecule has 1 aliphatic heterocycles. The van der Waals surface area contributed by atoms with E-state index in [0.717, 1.165) is 44.0 Å². The van der Waals surface area contributed by atoms with Gasteiger partial charge in [-0.2, -0.15) is 0 Å². The molecular formula is C24H28N3O+. The van der Waals surface area contributed by atoms with E-state index in [2.05, 4.69) is 42.5 Å². The smallest absolute Gasteiger partial charge is 0.254 e. The Hall–Kier alpha value is -2.85. The van der Waals surface area contributed by atoms with Crippen molar-refractivity contribution in [3.8, 4) is 0 Å². The van der Waals surface area contributed by atoms with Crippen LogP contribution in [0.1, 0.15) is 15.9 Å². The first-order valence-electron chi connectivity index (χ1n) is 9.99. The number of carbonyl (C=O) groups excluding carboxylic acids is 1. The predicted octanol–water partition coefficient (Wildman–Crippen LogP) is 2.45. The van der Waals surface area contributed by atoms with Crippen LogP contribution in [-0.4, -0.2) is 51.1 Å². The number of piperazine rings is 1. The van der Waals surface area contributed by atoms with Crippen LogP contribution in [0.2, 0.25) is 0 Å². The van der Waals surface area contributed by atoms with Gasteiger partial charge in [0.1, 0.15) is 6.54 Å². The quantitative estimate of drug-likeness (QED) is 0.760. The zero-order valence-electron chi connectivity index (χ0n) is 16.7. The van der Waals surface area contributed by atoms with E-state index < -0.39 is 0 Å². The van der Waals surface area contributed by atoms with Crippen molar-refractivity contribution < 1.29 is 9.69 Å². The molecule has 3 aromatic carbocycles. The minimum atomic E-state index is 0.146. The van der Waals surface area contributed by atoms with Crippen LogP contribution in [0.3, 0.4) is 0 Å². The third-order valence-electron chi connectivity index (χ3n) is 5.69. The van der Waals surface area contributed by atoms with Crippen LogP contribution >= 0.6 is 0 Å². The molecule has 0 aliphatic carbocycles. The SMILES string of the molecule is CN(C)c1cccc(C(=O)N2CC[NH+](Cc3cccc4ccccc34)CC2)c1. The lowest BCUT2D eigenvalue weighted by molar-refractivity contribution is -0.917. The third kappa shape index (κ3) is 3.87. The number of amides is 1. The third-order valence-corrected chi connectivity index (χ3v) is 5.69. The maximum absolute atomic E-state index is 12.9. The average molecular weight is 375 g/mol. The fourth-order valence-corrected chi connectivity index (χ4v) is 4.02. The fourth-order valence-electron chi connectivity index (χ4n) is 4.02. The largest absolute Gasteiger partial charge is 0.378 e. The summed E-state index contributed by atoms with van der Waals surface area (Å²) >= 11 is 0. The van der Waals surface area contributed by atoms with Crippen LogP contribution < -0.4 is 9.80 Å². The minimum absolute atomic E-state index is 0.146. The van der Waals surface area contributed by atoms with Crippen molar-refractivity contribution in [2.45, 2.75) is 6.54 Å². The molecule has 144 valence electrons. The molecule has 0 aromatic heterocycles. The van der Waals surface area contributed by atoms with Crippen LogP contribution in [0.25, 0.3) is 10.8 Å². The molecule has 1 amide bonds. The summed E-state index contributed by atoms with van der Waals surface area (Å²) in [5.41, 5.74) is 3.24. The number of quaternary nitrogens is 1. The zero-order valence-corrected chi connectivity index (χ0v) is 16.7. The molecule has 1 fully saturated rings. The Balaban J connectivity index is 1.40. The highest BCUT2D eigenvalue weighted by molar-refractivity contribution is 5.95. The van der Waals surface area contributed by atoms with Crippen molar-refractivity contribution in [1.82, 2.24) is 4.90 Å². The second-order valence-electron chi connectivity index (χ2n) is 7.80. The number of rotatable bonds is 4. The maximum atomic E-state index is 12.9. The first kappa shape index (κ1) is 18.5. The summed E-state index contributed by atoms with van der Waals surface area (Å²) in [5, 5.41) is 2.64. The molecule has 0 radical (unpaired) electrons. The number of nitrogens with zero attached hydrogens (tertiary/aromatic N) is 2. The number of hydrogen-bond acceptors (Lipinski definition) is 2. The normalized spacial score (nSPS) is 15.0. The van der Waals surface area contributed by atoms with Gasteiger partial charge in [0.05, 0.1) is 26.2 Å². The summed E-state index contributed by atoms with van der Waals surface area (Å²) in [4.78, 5) is 18.5.